The molecule has 0 fully saturated rings. The molecule has 0 heterocycles. The van der Waals surface area contributed by atoms with Gasteiger partial charge in [-0.2, -0.15) is 0 Å². The number of hydrogen-bond acceptors (Lipinski definition) is 3. The molecule has 2 aromatic carbocycles. The first-order valence-electron chi connectivity index (χ1n) is 7.04. The lowest BCUT2D eigenvalue weighted by Gasteiger charge is -2.24. The molecule has 2 aromatic rings. The number of hydrazine groups is 1. The predicted molar refractivity (Wildman–Crippen MR) is 89.7 cm³/mol. The highest BCUT2D eigenvalue weighted by Crippen LogP contribution is 2.23. The number of anilines is 1. The number of amides is 1. The van der Waals surface area contributed by atoms with Crippen LogP contribution >= 0.6 is 11.6 Å². The van der Waals surface area contributed by atoms with E-state index in [-0.39, 0.29) is 5.91 Å². The summed E-state index contributed by atoms with van der Waals surface area (Å²) < 4.78 is 5.22. The second-order valence-corrected chi connectivity index (χ2v) is 5.30. The topological polar surface area (TPSA) is 41.6 Å². The average Bonchev–Trinajstić information content (AvgIpc) is 2.53. The van der Waals surface area contributed by atoms with Gasteiger partial charge in [-0.3, -0.25) is 15.2 Å². The zero-order valence-electron chi connectivity index (χ0n) is 12.9. The molecule has 4 nitrogen and oxygen atoms in total. The molecule has 0 aromatic heterocycles. The van der Waals surface area contributed by atoms with Crippen molar-refractivity contribution in [3.63, 3.8) is 0 Å². The van der Waals surface area contributed by atoms with E-state index in [1.807, 2.05) is 38.1 Å². The van der Waals surface area contributed by atoms with Crippen LogP contribution in [0, 0.1) is 6.92 Å². The maximum absolute atomic E-state index is 12.5. The van der Waals surface area contributed by atoms with E-state index >= 15 is 0 Å². The van der Waals surface area contributed by atoms with Crippen LogP contribution in [0.5, 0.6) is 5.75 Å². The average molecular weight is 319 g/mol. The second kappa shape index (κ2) is 7.18. The van der Waals surface area contributed by atoms with E-state index in [1.165, 1.54) is 12.7 Å². The number of rotatable bonds is 5. The molecule has 0 atom stereocenters. The SMILES string of the molecule is CCN(NC(=O)c1cc(Cl)ccc1OC)c1ccc(C)cc1. The van der Waals surface area contributed by atoms with Gasteiger partial charge in [-0.05, 0) is 44.2 Å². The van der Waals surface area contributed by atoms with Crippen molar-refractivity contribution in [2.24, 2.45) is 0 Å². The zero-order chi connectivity index (χ0) is 16.1. The first-order valence-corrected chi connectivity index (χ1v) is 7.41. The number of hydrogen-bond donors (Lipinski definition) is 1. The van der Waals surface area contributed by atoms with Gasteiger partial charge in [0, 0.05) is 11.6 Å². The van der Waals surface area contributed by atoms with Crippen LogP contribution in [-0.4, -0.2) is 19.6 Å². The van der Waals surface area contributed by atoms with E-state index in [4.69, 9.17) is 16.3 Å². The lowest BCUT2D eigenvalue weighted by Crippen LogP contribution is -2.42. The summed E-state index contributed by atoms with van der Waals surface area (Å²) in [6.07, 6.45) is 0. The summed E-state index contributed by atoms with van der Waals surface area (Å²) in [6, 6.07) is 12.9. The fraction of sp³-hybridized carbons (Fsp3) is 0.235. The van der Waals surface area contributed by atoms with Crippen LogP contribution in [0.25, 0.3) is 0 Å². The van der Waals surface area contributed by atoms with Crippen molar-refractivity contribution in [1.29, 1.82) is 0 Å². The number of ether oxygens (including phenoxy) is 1. The van der Waals surface area contributed by atoms with Crippen LogP contribution in [0.3, 0.4) is 0 Å². The van der Waals surface area contributed by atoms with E-state index in [0.717, 1.165) is 5.69 Å². The molecular weight excluding hydrogens is 300 g/mol. The molecule has 5 heteroatoms. The standard InChI is InChI=1S/C17H19ClN2O2/c1-4-20(14-8-5-12(2)6-9-14)19-17(21)15-11-13(18)7-10-16(15)22-3/h5-11H,4H2,1-3H3,(H,19,21). The normalized spacial score (nSPS) is 10.2. The Labute approximate surface area is 135 Å². The van der Waals surface area contributed by atoms with Gasteiger partial charge in [0.2, 0.25) is 0 Å². The largest absolute Gasteiger partial charge is 0.496 e. The summed E-state index contributed by atoms with van der Waals surface area (Å²) in [7, 11) is 1.53. The highest BCUT2D eigenvalue weighted by molar-refractivity contribution is 6.31. The van der Waals surface area contributed by atoms with Crippen LogP contribution in [0.15, 0.2) is 42.5 Å². The molecule has 0 aliphatic carbocycles. The van der Waals surface area contributed by atoms with Crippen LogP contribution in [0.4, 0.5) is 5.69 Å². The lowest BCUT2D eigenvalue weighted by molar-refractivity contribution is 0.0946. The van der Waals surface area contributed by atoms with Crippen molar-refractivity contribution in [3.05, 3.63) is 58.6 Å². The highest BCUT2D eigenvalue weighted by atomic mass is 35.5. The quantitative estimate of drug-likeness (QED) is 0.852. The molecular formula is C17H19ClN2O2. The third kappa shape index (κ3) is 3.71. The van der Waals surface area contributed by atoms with Crippen molar-refractivity contribution in [2.75, 3.05) is 18.7 Å². The molecule has 0 bridgehead atoms. The van der Waals surface area contributed by atoms with E-state index in [1.54, 1.807) is 23.2 Å². The Balaban J connectivity index is 2.22. The Hall–Kier alpha value is -2.20. The second-order valence-electron chi connectivity index (χ2n) is 4.87. The minimum Gasteiger partial charge on any atom is -0.496 e. The maximum Gasteiger partial charge on any atom is 0.273 e. The first-order chi connectivity index (χ1) is 10.5. The van der Waals surface area contributed by atoms with Gasteiger partial charge in [0.15, 0.2) is 0 Å². The Morgan fingerprint density at radius 1 is 1.23 bits per heavy atom. The van der Waals surface area contributed by atoms with Crippen LogP contribution in [0.2, 0.25) is 5.02 Å². The lowest BCUT2D eigenvalue weighted by atomic mass is 10.2. The number of nitrogens with one attached hydrogen (secondary N) is 1. The Bertz CT molecular complexity index is 656. The summed E-state index contributed by atoms with van der Waals surface area (Å²) in [4.78, 5) is 12.5. The molecule has 2 rings (SSSR count). The number of methoxy groups -OCH3 is 1. The molecule has 0 saturated heterocycles. The molecule has 116 valence electrons. The van der Waals surface area contributed by atoms with Crippen molar-refractivity contribution < 1.29 is 9.53 Å². The molecule has 1 N–H and O–H groups in total. The molecule has 1 amide bonds. The van der Waals surface area contributed by atoms with Gasteiger partial charge >= 0.3 is 0 Å². The Kier molecular flexibility index (Phi) is 5.28. The number of benzene rings is 2. The molecule has 0 saturated carbocycles. The third-order valence-electron chi connectivity index (χ3n) is 3.30. The number of halogens is 1. The van der Waals surface area contributed by atoms with Gasteiger partial charge in [-0.1, -0.05) is 29.3 Å². The third-order valence-corrected chi connectivity index (χ3v) is 3.54. The van der Waals surface area contributed by atoms with Crippen molar-refractivity contribution >= 4 is 23.2 Å². The maximum atomic E-state index is 12.5. The zero-order valence-corrected chi connectivity index (χ0v) is 13.6. The van der Waals surface area contributed by atoms with Crippen molar-refractivity contribution in [3.8, 4) is 5.75 Å². The Morgan fingerprint density at radius 3 is 2.50 bits per heavy atom. The van der Waals surface area contributed by atoms with Gasteiger partial charge in [0.25, 0.3) is 5.91 Å². The van der Waals surface area contributed by atoms with E-state index < -0.39 is 0 Å². The number of carbonyl (C=O) groups is 1. The van der Waals surface area contributed by atoms with Gasteiger partial charge in [-0.15, -0.1) is 0 Å². The van der Waals surface area contributed by atoms with E-state index in [9.17, 15) is 4.79 Å². The van der Waals surface area contributed by atoms with E-state index in [0.29, 0.717) is 22.9 Å². The summed E-state index contributed by atoms with van der Waals surface area (Å²) in [6.45, 7) is 4.63. The molecule has 22 heavy (non-hydrogen) atoms. The number of nitrogens with zero attached hydrogens (tertiary/aromatic N) is 1. The van der Waals surface area contributed by atoms with Gasteiger partial charge in [0.1, 0.15) is 5.75 Å². The van der Waals surface area contributed by atoms with Crippen LogP contribution < -0.4 is 15.2 Å². The molecule has 0 aliphatic rings. The number of aryl methyl sites for hydroxylation is 1. The predicted octanol–water partition coefficient (Wildman–Crippen LogP) is 3.83. The van der Waals surface area contributed by atoms with Crippen molar-refractivity contribution in [1.82, 2.24) is 5.43 Å². The molecule has 0 radical (unpaired) electrons. The smallest absolute Gasteiger partial charge is 0.273 e. The summed E-state index contributed by atoms with van der Waals surface area (Å²) in [5.41, 5.74) is 5.37. The fourth-order valence-corrected chi connectivity index (χ4v) is 2.26. The van der Waals surface area contributed by atoms with Gasteiger partial charge < -0.3 is 4.74 Å². The summed E-state index contributed by atoms with van der Waals surface area (Å²) in [5.74, 6) is 0.226. The van der Waals surface area contributed by atoms with Crippen molar-refractivity contribution in [2.45, 2.75) is 13.8 Å². The Morgan fingerprint density at radius 2 is 1.91 bits per heavy atom. The van der Waals surface area contributed by atoms with E-state index in [2.05, 4.69) is 5.43 Å². The summed E-state index contributed by atoms with van der Waals surface area (Å²) >= 11 is 5.97. The monoisotopic (exact) mass is 318 g/mol. The summed E-state index contributed by atoms with van der Waals surface area (Å²) in [5, 5.41) is 2.27. The number of carbonyl (C=O) groups excluding carboxylic acids is 1. The minimum absolute atomic E-state index is 0.262. The van der Waals surface area contributed by atoms with Crippen LogP contribution in [0.1, 0.15) is 22.8 Å². The highest BCUT2D eigenvalue weighted by Gasteiger charge is 2.15. The first kappa shape index (κ1) is 16.2. The molecule has 0 aliphatic heterocycles. The fourth-order valence-electron chi connectivity index (χ4n) is 2.09. The van der Waals surface area contributed by atoms with Crippen LogP contribution in [-0.2, 0) is 0 Å². The molecule has 0 unspecified atom stereocenters. The van der Waals surface area contributed by atoms with Gasteiger partial charge in [-0.25, -0.2) is 0 Å². The minimum atomic E-state index is -0.262. The van der Waals surface area contributed by atoms with Gasteiger partial charge in [0.05, 0.1) is 18.4 Å². The molecule has 0 spiro atoms.